The zero-order chi connectivity index (χ0) is 19.2. The number of benzene rings is 1. The summed E-state index contributed by atoms with van der Waals surface area (Å²) in [6.45, 7) is 1.69. The van der Waals surface area contributed by atoms with E-state index in [1.807, 2.05) is 0 Å². The zero-order valence-corrected chi connectivity index (χ0v) is 16.0. The molecule has 0 saturated heterocycles. The zero-order valence-electron chi connectivity index (χ0n) is 14.4. The number of carbonyl (C=O) groups excluding carboxylic acids is 2. The molecule has 2 heterocycles. The maximum Gasteiger partial charge on any atom is 0.279 e. The number of aromatic nitrogens is 3. The van der Waals surface area contributed by atoms with E-state index in [2.05, 4.69) is 26.0 Å². The molecule has 0 radical (unpaired) electrons. The van der Waals surface area contributed by atoms with Gasteiger partial charge in [0.1, 0.15) is 11.5 Å². The van der Waals surface area contributed by atoms with Crippen molar-refractivity contribution in [3.05, 3.63) is 41.8 Å². The summed E-state index contributed by atoms with van der Waals surface area (Å²) >= 11 is 2.39. The van der Waals surface area contributed by atoms with Crippen molar-refractivity contribution in [2.75, 3.05) is 23.5 Å². The van der Waals surface area contributed by atoms with Gasteiger partial charge in [0.15, 0.2) is 10.0 Å². The van der Waals surface area contributed by atoms with Crippen LogP contribution >= 0.6 is 23.1 Å². The van der Waals surface area contributed by atoms with Gasteiger partial charge in [-0.3, -0.25) is 14.9 Å². The maximum absolute atomic E-state index is 12.1. The minimum Gasteiger partial charge on any atom is -0.497 e. The molecule has 9 nitrogen and oxygen atoms in total. The minimum atomic E-state index is -0.435. The maximum atomic E-state index is 12.1. The van der Waals surface area contributed by atoms with Crippen LogP contribution in [0.4, 0.5) is 10.8 Å². The molecule has 0 fully saturated rings. The largest absolute Gasteiger partial charge is 0.497 e. The molecular weight excluding hydrogens is 390 g/mol. The highest BCUT2D eigenvalue weighted by Gasteiger charge is 2.14. The lowest BCUT2D eigenvalue weighted by atomic mass is 10.3. The van der Waals surface area contributed by atoms with Crippen molar-refractivity contribution >= 4 is 45.7 Å². The molecule has 0 aliphatic carbocycles. The molecule has 2 N–H and O–H groups in total. The summed E-state index contributed by atoms with van der Waals surface area (Å²) in [6.07, 6.45) is 0. The summed E-state index contributed by atoms with van der Waals surface area (Å²) in [7, 11) is 1.56. The van der Waals surface area contributed by atoms with Crippen LogP contribution in [-0.2, 0) is 4.79 Å². The third-order valence-corrected chi connectivity index (χ3v) is 5.14. The smallest absolute Gasteiger partial charge is 0.279 e. The number of carbonyl (C=O) groups is 2. The number of amides is 2. The Morgan fingerprint density at radius 2 is 2.11 bits per heavy atom. The first kappa shape index (κ1) is 18.9. The quantitative estimate of drug-likeness (QED) is 0.455. The average molecular weight is 405 g/mol. The van der Waals surface area contributed by atoms with E-state index in [1.54, 1.807) is 38.3 Å². The lowest BCUT2D eigenvalue weighted by Gasteiger charge is -2.06. The van der Waals surface area contributed by atoms with Crippen LogP contribution in [0.5, 0.6) is 5.75 Å². The van der Waals surface area contributed by atoms with Gasteiger partial charge in [-0.2, -0.15) is 0 Å². The third-order valence-electron chi connectivity index (χ3n) is 3.17. The van der Waals surface area contributed by atoms with Crippen molar-refractivity contribution in [1.29, 1.82) is 0 Å². The molecule has 27 heavy (non-hydrogen) atoms. The first-order chi connectivity index (χ1) is 13.0. The summed E-state index contributed by atoms with van der Waals surface area (Å²) in [5, 5.41) is 17.1. The summed E-state index contributed by atoms with van der Waals surface area (Å²) in [4.78, 5) is 24.0. The van der Waals surface area contributed by atoms with E-state index in [0.717, 1.165) is 0 Å². The molecule has 0 saturated carbocycles. The molecule has 0 aliphatic heterocycles. The van der Waals surface area contributed by atoms with Gasteiger partial charge in [-0.15, -0.1) is 10.2 Å². The van der Waals surface area contributed by atoms with E-state index in [4.69, 9.17) is 9.26 Å². The molecule has 0 unspecified atom stereocenters. The highest BCUT2D eigenvalue weighted by molar-refractivity contribution is 8.01. The standard InChI is InChI=1S/C16H15N5O4S2/c1-9-6-12(21-25-9)14(23)18-15-19-20-16(27-15)26-8-13(22)17-10-4-3-5-11(7-10)24-2/h3-7H,8H2,1-2H3,(H,17,22)(H,18,19,23). The number of methoxy groups -OCH3 is 1. The Morgan fingerprint density at radius 3 is 2.85 bits per heavy atom. The fraction of sp³-hybridized carbons (Fsp3) is 0.188. The van der Waals surface area contributed by atoms with Gasteiger partial charge in [0.25, 0.3) is 5.91 Å². The van der Waals surface area contributed by atoms with E-state index < -0.39 is 5.91 Å². The number of hydrogen-bond donors (Lipinski definition) is 2. The molecule has 2 aromatic heterocycles. The van der Waals surface area contributed by atoms with Crippen LogP contribution in [-0.4, -0.2) is 40.0 Å². The monoisotopic (exact) mass is 405 g/mol. The van der Waals surface area contributed by atoms with Gasteiger partial charge in [-0.05, 0) is 19.1 Å². The Labute approximate surface area is 162 Å². The van der Waals surface area contributed by atoms with Crippen LogP contribution < -0.4 is 15.4 Å². The van der Waals surface area contributed by atoms with Crippen LogP contribution in [0.25, 0.3) is 0 Å². The van der Waals surface area contributed by atoms with Gasteiger partial charge in [-0.1, -0.05) is 34.3 Å². The lowest BCUT2D eigenvalue weighted by Crippen LogP contribution is -2.13. The number of anilines is 2. The van der Waals surface area contributed by atoms with Crippen molar-refractivity contribution in [1.82, 2.24) is 15.4 Å². The molecule has 3 aromatic rings. The molecular formula is C16H15N5O4S2. The van der Waals surface area contributed by atoms with E-state index in [0.29, 0.717) is 26.7 Å². The SMILES string of the molecule is COc1cccc(NC(=O)CSc2nnc(NC(=O)c3cc(C)on3)s2)c1. The fourth-order valence-electron chi connectivity index (χ4n) is 1.98. The predicted octanol–water partition coefficient (Wildman–Crippen LogP) is 2.83. The number of ether oxygens (including phenoxy) is 1. The Hall–Kier alpha value is -2.92. The molecule has 0 atom stereocenters. The molecule has 140 valence electrons. The molecule has 0 spiro atoms. The van der Waals surface area contributed by atoms with E-state index >= 15 is 0 Å². The van der Waals surface area contributed by atoms with Crippen molar-refractivity contribution in [2.45, 2.75) is 11.3 Å². The fourth-order valence-corrected chi connectivity index (χ4v) is 3.53. The second-order valence-corrected chi connectivity index (χ2v) is 7.42. The Morgan fingerprint density at radius 1 is 1.26 bits per heavy atom. The van der Waals surface area contributed by atoms with Crippen LogP contribution in [0.1, 0.15) is 16.2 Å². The van der Waals surface area contributed by atoms with E-state index in [9.17, 15) is 9.59 Å². The minimum absolute atomic E-state index is 0.155. The first-order valence-corrected chi connectivity index (χ1v) is 9.48. The number of rotatable bonds is 7. The molecule has 11 heteroatoms. The number of hydrogen-bond acceptors (Lipinski definition) is 9. The molecule has 0 aliphatic rings. The molecule has 3 rings (SSSR count). The van der Waals surface area contributed by atoms with Crippen LogP contribution in [0.3, 0.4) is 0 Å². The highest BCUT2D eigenvalue weighted by atomic mass is 32.2. The Bertz CT molecular complexity index is 956. The van der Waals surface area contributed by atoms with E-state index in [1.165, 1.54) is 29.2 Å². The second-order valence-electron chi connectivity index (χ2n) is 5.22. The van der Waals surface area contributed by atoms with Gasteiger partial charge in [-0.25, -0.2) is 0 Å². The predicted molar refractivity (Wildman–Crippen MR) is 101 cm³/mol. The normalized spacial score (nSPS) is 10.4. The number of nitrogens with zero attached hydrogens (tertiary/aromatic N) is 3. The number of thioether (sulfide) groups is 1. The van der Waals surface area contributed by atoms with Gasteiger partial charge < -0.3 is 14.6 Å². The van der Waals surface area contributed by atoms with Gasteiger partial charge in [0.05, 0.1) is 12.9 Å². The summed E-state index contributed by atoms with van der Waals surface area (Å²) in [5.74, 6) is 0.729. The second kappa shape index (κ2) is 8.64. The molecule has 0 bridgehead atoms. The summed E-state index contributed by atoms with van der Waals surface area (Å²) in [6, 6.07) is 8.61. The first-order valence-electron chi connectivity index (χ1n) is 7.68. The number of aryl methyl sites for hydroxylation is 1. The van der Waals surface area contributed by atoms with Crippen molar-refractivity contribution in [3.63, 3.8) is 0 Å². The summed E-state index contributed by atoms with van der Waals surface area (Å²) < 4.78 is 10.5. The lowest BCUT2D eigenvalue weighted by molar-refractivity contribution is -0.113. The Kier molecular flexibility index (Phi) is 6.04. The molecule has 2 amide bonds. The van der Waals surface area contributed by atoms with Crippen LogP contribution in [0.15, 0.2) is 39.2 Å². The van der Waals surface area contributed by atoms with Gasteiger partial charge in [0.2, 0.25) is 11.0 Å². The van der Waals surface area contributed by atoms with Crippen molar-refractivity contribution < 1.29 is 18.8 Å². The Balaban J connectivity index is 1.50. The van der Waals surface area contributed by atoms with Gasteiger partial charge in [0, 0.05) is 17.8 Å². The third kappa shape index (κ3) is 5.28. The molecule has 1 aromatic carbocycles. The topological polar surface area (TPSA) is 119 Å². The van der Waals surface area contributed by atoms with Crippen LogP contribution in [0.2, 0.25) is 0 Å². The van der Waals surface area contributed by atoms with Crippen LogP contribution in [0, 0.1) is 6.92 Å². The van der Waals surface area contributed by atoms with Crippen molar-refractivity contribution in [3.8, 4) is 5.75 Å². The average Bonchev–Trinajstić information content (AvgIpc) is 3.29. The van der Waals surface area contributed by atoms with E-state index in [-0.39, 0.29) is 17.4 Å². The van der Waals surface area contributed by atoms with Gasteiger partial charge >= 0.3 is 0 Å². The highest BCUT2D eigenvalue weighted by Crippen LogP contribution is 2.26. The van der Waals surface area contributed by atoms with Crippen molar-refractivity contribution in [2.24, 2.45) is 0 Å². The summed E-state index contributed by atoms with van der Waals surface area (Å²) in [5.41, 5.74) is 0.808. The number of nitrogens with one attached hydrogen (secondary N) is 2.